The van der Waals surface area contributed by atoms with Crippen LogP contribution in [0.15, 0.2) is 54.6 Å². The van der Waals surface area contributed by atoms with Crippen LogP contribution in [-0.4, -0.2) is 12.5 Å². The summed E-state index contributed by atoms with van der Waals surface area (Å²) in [5, 5.41) is 4.17. The predicted octanol–water partition coefficient (Wildman–Crippen LogP) is 2.58. The molecule has 0 heterocycles. The summed E-state index contributed by atoms with van der Waals surface area (Å²) < 4.78 is 38.3. The number of rotatable bonds is 5. The number of nitrogens with two attached hydrogens (primary N) is 1. The molecular weight excluding hydrogens is 317 g/mol. The molecule has 0 bridgehead atoms. The first kappa shape index (κ1) is 17.6. The largest absolute Gasteiger partial charge is 0.416 e. The Morgan fingerprint density at radius 1 is 1.17 bits per heavy atom. The topological polar surface area (TPSA) is 45.7 Å². The summed E-state index contributed by atoms with van der Waals surface area (Å²) >= 11 is 0. The van der Waals surface area contributed by atoms with Crippen molar-refractivity contribution >= 4 is 11.6 Å². The Balaban J connectivity index is 2.20. The summed E-state index contributed by atoms with van der Waals surface area (Å²) in [5.41, 5.74) is -0.00810. The number of anilines is 1. The third-order valence-corrected chi connectivity index (χ3v) is 3.37. The van der Waals surface area contributed by atoms with Crippen molar-refractivity contribution < 1.29 is 23.3 Å². The minimum atomic E-state index is -4.46. The Morgan fingerprint density at radius 3 is 2.50 bits per heavy atom. The van der Waals surface area contributed by atoms with Crippen LogP contribution in [-0.2, 0) is 11.0 Å². The minimum Gasteiger partial charge on any atom is -0.322 e. The predicted molar refractivity (Wildman–Crippen MR) is 84.9 cm³/mol. The molecule has 1 atom stereocenters. The van der Waals surface area contributed by atoms with E-state index in [2.05, 4.69) is 11.2 Å². The van der Waals surface area contributed by atoms with Crippen LogP contribution in [0.4, 0.5) is 18.9 Å². The van der Waals surface area contributed by atoms with E-state index < -0.39 is 23.7 Å². The first-order valence-electron chi connectivity index (χ1n) is 7.21. The summed E-state index contributed by atoms with van der Waals surface area (Å²) in [5.74, 6) is 2.00. The van der Waals surface area contributed by atoms with Crippen molar-refractivity contribution in [1.29, 1.82) is 0 Å². The molecule has 0 saturated carbocycles. The van der Waals surface area contributed by atoms with Crippen molar-refractivity contribution in [2.24, 2.45) is 0 Å². The smallest absolute Gasteiger partial charge is 0.322 e. The summed E-state index contributed by atoms with van der Waals surface area (Å²) in [7, 11) is 0. The van der Waals surface area contributed by atoms with Gasteiger partial charge in [0.05, 0.1) is 5.56 Å². The highest BCUT2D eigenvalue weighted by molar-refractivity contribution is 5.94. The number of amides is 1. The van der Waals surface area contributed by atoms with Gasteiger partial charge >= 0.3 is 6.18 Å². The molecule has 2 aromatic carbocycles. The Bertz CT molecular complexity index is 736. The maximum Gasteiger partial charge on any atom is 0.416 e. The zero-order valence-corrected chi connectivity index (χ0v) is 12.7. The van der Waals surface area contributed by atoms with E-state index in [4.69, 9.17) is 6.42 Å². The van der Waals surface area contributed by atoms with E-state index in [0.717, 1.165) is 17.7 Å². The van der Waals surface area contributed by atoms with Crippen LogP contribution >= 0.6 is 0 Å². The Morgan fingerprint density at radius 2 is 1.88 bits per heavy atom. The van der Waals surface area contributed by atoms with Gasteiger partial charge in [0.15, 0.2) is 6.04 Å². The minimum absolute atomic E-state index is 0.0878. The normalized spacial score (nSPS) is 12.2. The molecule has 6 heteroatoms. The van der Waals surface area contributed by atoms with Crippen molar-refractivity contribution in [1.82, 2.24) is 0 Å². The van der Waals surface area contributed by atoms with E-state index in [1.807, 2.05) is 6.07 Å². The van der Waals surface area contributed by atoms with Crippen LogP contribution < -0.4 is 10.6 Å². The lowest BCUT2D eigenvalue weighted by atomic mass is 10.1. The third-order valence-electron chi connectivity index (χ3n) is 3.37. The van der Waals surface area contributed by atoms with Crippen LogP contribution in [0.25, 0.3) is 0 Å². The van der Waals surface area contributed by atoms with Gasteiger partial charge in [0.25, 0.3) is 5.91 Å². The summed E-state index contributed by atoms with van der Waals surface area (Å²) in [6.07, 6.45) is 0.774. The fourth-order valence-electron chi connectivity index (χ4n) is 2.23. The number of hydrogen-bond acceptors (Lipinski definition) is 1. The van der Waals surface area contributed by atoms with Gasteiger partial charge in [-0.2, -0.15) is 13.2 Å². The molecule has 0 radical (unpaired) electrons. The molecule has 0 unspecified atom stereocenters. The van der Waals surface area contributed by atoms with E-state index in [0.29, 0.717) is 0 Å². The van der Waals surface area contributed by atoms with Gasteiger partial charge in [-0.05, 0) is 24.1 Å². The second-order valence-electron chi connectivity index (χ2n) is 5.10. The molecule has 0 aliphatic heterocycles. The van der Waals surface area contributed by atoms with Crippen molar-refractivity contribution in [3.63, 3.8) is 0 Å². The highest BCUT2D eigenvalue weighted by Crippen LogP contribution is 2.30. The van der Waals surface area contributed by atoms with Crippen LogP contribution in [0.5, 0.6) is 0 Å². The van der Waals surface area contributed by atoms with Crippen molar-refractivity contribution in [3.05, 3.63) is 65.7 Å². The summed E-state index contributed by atoms with van der Waals surface area (Å²) in [6.45, 7) is 0.273. The lowest BCUT2D eigenvalue weighted by Gasteiger charge is -2.15. The second-order valence-corrected chi connectivity index (χ2v) is 5.10. The Labute approximate surface area is 137 Å². The molecule has 0 aliphatic rings. The molecule has 0 aromatic heterocycles. The third kappa shape index (κ3) is 4.61. The fourth-order valence-corrected chi connectivity index (χ4v) is 2.23. The zero-order chi connectivity index (χ0) is 17.6. The molecule has 24 heavy (non-hydrogen) atoms. The first-order chi connectivity index (χ1) is 11.4. The Hall–Kier alpha value is -2.78. The van der Waals surface area contributed by atoms with Gasteiger partial charge in [-0.15, -0.1) is 6.42 Å². The van der Waals surface area contributed by atoms with E-state index >= 15 is 0 Å². The van der Waals surface area contributed by atoms with Gasteiger partial charge in [-0.1, -0.05) is 36.4 Å². The van der Waals surface area contributed by atoms with E-state index in [1.54, 1.807) is 29.6 Å². The van der Waals surface area contributed by atoms with E-state index in [-0.39, 0.29) is 12.2 Å². The maximum atomic E-state index is 12.8. The monoisotopic (exact) mass is 333 g/mol. The number of halogens is 3. The molecule has 2 rings (SSSR count). The number of quaternary nitrogens is 1. The average molecular weight is 333 g/mol. The lowest BCUT2D eigenvalue weighted by molar-refractivity contribution is -0.672. The molecule has 0 fully saturated rings. The Kier molecular flexibility index (Phi) is 5.61. The van der Waals surface area contributed by atoms with Gasteiger partial charge in [0.2, 0.25) is 0 Å². The summed E-state index contributed by atoms with van der Waals surface area (Å²) in [4.78, 5) is 12.5. The van der Waals surface area contributed by atoms with Gasteiger partial charge in [-0.25, -0.2) is 0 Å². The van der Waals surface area contributed by atoms with Crippen LogP contribution in [0.3, 0.4) is 0 Å². The number of alkyl halides is 3. The number of terminal acetylenes is 1. The molecule has 1 amide bonds. The molecule has 0 spiro atoms. The molecule has 124 valence electrons. The molecule has 3 N–H and O–H groups in total. The fraction of sp³-hybridized carbons (Fsp3) is 0.167. The first-order valence-corrected chi connectivity index (χ1v) is 7.21. The number of carbonyl (C=O) groups is 1. The van der Waals surface area contributed by atoms with Gasteiger partial charge < -0.3 is 10.6 Å². The molecule has 0 aliphatic carbocycles. The second kappa shape index (κ2) is 7.66. The van der Waals surface area contributed by atoms with Crippen LogP contribution in [0, 0.1) is 12.3 Å². The molecular formula is C18H16F3N2O+. The lowest BCUT2D eigenvalue weighted by Crippen LogP contribution is -2.87. The molecule has 0 saturated heterocycles. The van der Waals surface area contributed by atoms with E-state index in [9.17, 15) is 18.0 Å². The quantitative estimate of drug-likeness (QED) is 0.812. The van der Waals surface area contributed by atoms with E-state index in [1.165, 1.54) is 12.1 Å². The number of carbonyl (C=O) groups excluding carboxylic acids is 1. The highest BCUT2D eigenvalue weighted by Gasteiger charge is 2.31. The standard InChI is InChI=1S/C18H15F3N2O/c1-2-11-22-16(13-7-4-3-5-8-13)17(24)23-15-10-6-9-14(12-15)18(19,20)21/h1,3-10,12,16,22H,11H2,(H,23,24)/p+1/t16-/m0/s1. The van der Waals surface area contributed by atoms with Crippen LogP contribution in [0.1, 0.15) is 17.2 Å². The van der Waals surface area contributed by atoms with Crippen molar-refractivity contribution in [2.45, 2.75) is 12.2 Å². The number of nitrogens with one attached hydrogen (secondary N) is 1. The molecule has 2 aromatic rings. The van der Waals surface area contributed by atoms with Crippen molar-refractivity contribution in [3.8, 4) is 12.3 Å². The van der Waals surface area contributed by atoms with Gasteiger partial charge in [0.1, 0.15) is 6.54 Å². The van der Waals surface area contributed by atoms with Crippen molar-refractivity contribution in [2.75, 3.05) is 11.9 Å². The van der Waals surface area contributed by atoms with Crippen LogP contribution in [0.2, 0.25) is 0 Å². The highest BCUT2D eigenvalue weighted by atomic mass is 19.4. The molecule has 3 nitrogen and oxygen atoms in total. The maximum absolute atomic E-state index is 12.8. The SMILES string of the molecule is C#CC[NH2+][C@H](C(=O)Nc1cccc(C(F)(F)F)c1)c1ccccc1. The average Bonchev–Trinajstić information content (AvgIpc) is 2.55. The zero-order valence-electron chi connectivity index (χ0n) is 12.7. The number of hydrogen-bond donors (Lipinski definition) is 2. The number of benzene rings is 2. The van der Waals surface area contributed by atoms with Gasteiger partial charge in [-0.3, -0.25) is 4.79 Å². The van der Waals surface area contributed by atoms with Gasteiger partial charge in [0, 0.05) is 11.3 Å². The summed E-state index contributed by atoms with van der Waals surface area (Å²) in [6, 6.07) is 12.8.